The second-order valence-electron chi connectivity index (χ2n) is 4.57. The molecule has 0 unspecified atom stereocenters. The molecule has 0 atom stereocenters. The van der Waals surface area contributed by atoms with Gasteiger partial charge in [0.05, 0.1) is 9.50 Å². The Morgan fingerprint density at radius 2 is 1.96 bits per heavy atom. The van der Waals surface area contributed by atoms with Gasteiger partial charge in [0.1, 0.15) is 6.61 Å². The van der Waals surface area contributed by atoms with E-state index >= 15 is 0 Å². The summed E-state index contributed by atoms with van der Waals surface area (Å²) in [5, 5.41) is 1.10. The number of amides is 1. The van der Waals surface area contributed by atoms with Crippen LogP contribution < -0.4 is 16.0 Å². The van der Waals surface area contributed by atoms with Crippen molar-refractivity contribution >= 4 is 51.1 Å². The molecule has 23 heavy (non-hydrogen) atoms. The lowest BCUT2D eigenvalue weighted by Gasteiger charge is -2.11. The molecule has 4 nitrogen and oxygen atoms in total. The monoisotopic (exact) mass is 414 g/mol. The summed E-state index contributed by atoms with van der Waals surface area (Å²) < 4.78 is 6.44. The minimum atomic E-state index is -0.402. The molecule has 0 aromatic heterocycles. The van der Waals surface area contributed by atoms with Gasteiger partial charge in [-0.25, -0.2) is 5.84 Å². The molecular weight excluding hydrogens is 403 g/mol. The van der Waals surface area contributed by atoms with Crippen molar-refractivity contribution in [1.29, 1.82) is 0 Å². The van der Waals surface area contributed by atoms with Crippen molar-refractivity contribution in [3.05, 3.63) is 68.1 Å². The van der Waals surface area contributed by atoms with Gasteiger partial charge in [-0.15, -0.1) is 0 Å². The van der Waals surface area contributed by atoms with Crippen molar-refractivity contribution in [2.75, 3.05) is 0 Å². The first-order valence-electron chi connectivity index (χ1n) is 6.54. The number of hydrogen-bond donors (Lipinski definition) is 2. The van der Waals surface area contributed by atoms with Crippen molar-refractivity contribution in [3.8, 4) is 5.75 Å². The van der Waals surface area contributed by atoms with E-state index in [1.807, 2.05) is 17.6 Å². The molecule has 0 aliphatic rings. The number of ether oxygens (including phenoxy) is 1. The number of halogens is 3. The SMILES string of the molecule is NNC(=O)/C=C/c1cc(Cl)c(OCc2ccc(Cl)cc2)c(Br)c1. The second-order valence-corrected chi connectivity index (χ2v) is 6.27. The molecule has 2 rings (SSSR count). The van der Waals surface area contributed by atoms with Crippen LogP contribution in [-0.2, 0) is 11.4 Å². The van der Waals surface area contributed by atoms with Gasteiger partial charge in [0, 0.05) is 11.1 Å². The normalized spacial score (nSPS) is 10.8. The number of hydrazine groups is 1. The van der Waals surface area contributed by atoms with E-state index in [-0.39, 0.29) is 0 Å². The number of carbonyl (C=O) groups is 1. The third kappa shape index (κ3) is 5.25. The van der Waals surface area contributed by atoms with E-state index in [4.69, 9.17) is 33.8 Å². The van der Waals surface area contributed by atoms with Gasteiger partial charge < -0.3 is 4.74 Å². The summed E-state index contributed by atoms with van der Waals surface area (Å²) in [5.41, 5.74) is 3.73. The topological polar surface area (TPSA) is 64.3 Å². The minimum Gasteiger partial charge on any atom is -0.486 e. The van der Waals surface area contributed by atoms with Crippen molar-refractivity contribution < 1.29 is 9.53 Å². The van der Waals surface area contributed by atoms with Crippen molar-refractivity contribution in [3.63, 3.8) is 0 Å². The summed E-state index contributed by atoms with van der Waals surface area (Å²) in [7, 11) is 0. The van der Waals surface area contributed by atoms with Crippen LogP contribution in [0.4, 0.5) is 0 Å². The summed E-state index contributed by atoms with van der Waals surface area (Å²) in [6, 6.07) is 10.9. The van der Waals surface area contributed by atoms with Crippen LogP contribution in [0.5, 0.6) is 5.75 Å². The van der Waals surface area contributed by atoms with Crippen LogP contribution in [-0.4, -0.2) is 5.91 Å². The second kappa shape index (κ2) is 8.36. The quantitative estimate of drug-likeness (QED) is 0.330. The molecule has 0 radical (unpaired) electrons. The van der Waals surface area contributed by atoms with E-state index in [0.29, 0.717) is 26.9 Å². The number of nitrogens with one attached hydrogen (secondary N) is 1. The largest absolute Gasteiger partial charge is 0.486 e. The van der Waals surface area contributed by atoms with Crippen LogP contribution in [0.15, 0.2) is 46.9 Å². The van der Waals surface area contributed by atoms with Crippen LogP contribution in [0.3, 0.4) is 0 Å². The predicted molar refractivity (Wildman–Crippen MR) is 96.3 cm³/mol. The number of hydrogen-bond acceptors (Lipinski definition) is 3. The molecule has 0 aliphatic carbocycles. The summed E-state index contributed by atoms with van der Waals surface area (Å²) in [6.45, 7) is 0.361. The molecule has 0 heterocycles. The zero-order valence-corrected chi connectivity index (χ0v) is 15.0. The van der Waals surface area contributed by atoms with E-state index < -0.39 is 5.91 Å². The molecule has 0 bridgehead atoms. The van der Waals surface area contributed by atoms with Crippen LogP contribution in [0.2, 0.25) is 10.0 Å². The highest BCUT2D eigenvalue weighted by molar-refractivity contribution is 9.10. The minimum absolute atomic E-state index is 0.361. The lowest BCUT2D eigenvalue weighted by Crippen LogP contribution is -2.27. The molecular formula is C16H13BrCl2N2O2. The summed E-state index contributed by atoms with van der Waals surface area (Å²) in [6.07, 6.45) is 2.91. The molecule has 3 N–H and O–H groups in total. The van der Waals surface area contributed by atoms with E-state index in [9.17, 15) is 4.79 Å². The van der Waals surface area contributed by atoms with Crippen LogP contribution in [0, 0.1) is 0 Å². The first-order chi connectivity index (χ1) is 11.0. The zero-order chi connectivity index (χ0) is 16.8. The van der Waals surface area contributed by atoms with Gasteiger partial charge >= 0.3 is 0 Å². The van der Waals surface area contributed by atoms with Crippen molar-refractivity contribution in [1.82, 2.24) is 5.43 Å². The Bertz CT molecular complexity index is 710. The Hall–Kier alpha value is -1.53. The maximum absolute atomic E-state index is 11.1. The molecule has 0 fully saturated rings. The fraction of sp³-hybridized carbons (Fsp3) is 0.0625. The van der Waals surface area contributed by atoms with E-state index in [1.54, 1.807) is 30.3 Å². The number of benzene rings is 2. The number of rotatable bonds is 5. The average molecular weight is 416 g/mol. The lowest BCUT2D eigenvalue weighted by atomic mass is 10.2. The standard InChI is InChI=1S/C16H13BrCl2N2O2/c17-13-7-11(3-6-15(22)21-20)8-14(19)16(13)23-9-10-1-4-12(18)5-2-10/h1-8H,9,20H2,(H,21,22)/b6-3+. The van der Waals surface area contributed by atoms with Crippen LogP contribution in [0.1, 0.15) is 11.1 Å². The van der Waals surface area contributed by atoms with Gasteiger partial charge in [0.15, 0.2) is 5.75 Å². The third-order valence-electron chi connectivity index (χ3n) is 2.89. The molecule has 0 spiro atoms. The van der Waals surface area contributed by atoms with E-state index in [0.717, 1.165) is 11.1 Å². The van der Waals surface area contributed by atoms with Gasteiger partial charge in [-0.1, -0.05) is 35.3 Å². The highest BCUT2D eigenvalue weighted by Crippen LogP contribution is 2.35. The lowest BCUT2D eigenvalue weighted by molar-refractivity contribution is -0.116. The molecule has 2 aromatic carbocycles. The number of carbonyl (C=O) groups excluding carboxylic acids is 1. The highest BCUT2D eigenvalue weighted by Gasteiger charge is 2.09. The molecule has 1 amide bonds. The van der Waals surface area contributed by atoms with Crippen molar-refractivity contribution in [2.24, 2.45) is 5.84 Å². The van der Waals surface area contributed by atoms with E-state index in [1.165, 1.54) is 6.08 Å². The predicted octanol–water partition coefficient (Wildman–Crippen LogP) is 4.34. The maximum atomic E-state index is 11.1. The molecule has 2 aromatic rings. The Kier molecular flexibility index (Phi) is 6.47. The smallest absolute Gasteiger partial charge is 0.257 e. The molecule has 0 saturated heterocycles. The fourth-order valence-corrected chi connectivity index (χ4v) is 2.88. The van der Waals surface area contributed by atoms with Gasteiger partial charge in [-0.05, 0) is 57.4 Å². The fourth-order valence-electron chi connectivity index (χ4n) is 1.77. The summed E-state index contributed by atoms with van der Waals surface area (Å²) in [4.78, 5) is 11.1. The molecule has 120 valence electrons. The van der Waals surface area contributed by atoms with Crippen LogP contribution >= 0.6 is 39.1 Å². The molecule has 7 heteroatoms. The Morgan fingerprint density at radius 3 is 2.57 bits per heavy atom. The van der Waals surface area contributed by atoms with Gasteiger partial charge in [0.2, 0.25) is 0 Å². The molecule has 0 saturated carbocycles. The van der Waals surface area contributed by atoms with Crippen LogP contribution in [0.25, 0.3) is 6.08 Å². The van der Waals surface area contributed by atoms with E-state index in [2.05, 4.69) is 15.9 Å². The average Bonchev–Trinajstić information content (AvgIpc) is 2.53. The molecule has 0 aliphatic heterocycles. The first-order valence-corrected chi connectivity index (χ1v) is 8.09. The zero-order valence-electron chi connectivity index (χ0n) is 11.9. The maximum Gasteiger partial charge on any atom is 0.257 e. The Labute approximate surface area is 152 Å². The summed E-state index contributed by atoms with van der Waals surface area (Å²) in [5.74, 6) is 5.14. The van der Waals surface area contributed by atoms with Gasteiger partial charge in [-0.2, -0.15) is 0 Å². The third-order valence-corrected chi connectivity index (χ3v) is 4.01. The first kappa shape index (κ1) is 17.8. The van der Waals surface area contributed by atoms with Gasteiger partial charge in [0.25, 0.3) is 5.91 Å². The Morgan fingerprint density at radius 1 is 1.26 bits per heavy atom. The van der Waals surface area contributed by atoms with Crippen molar-refractivity contribution in [2.45, 2.75) is 6.61 Å². The number of nitrogens with two attached hydrogens (primary N) is 1. The van der Waals surface area contributed by atoms with Gasteiger partial charge in [-0.3, -0.25) is 10.2 Å². The summed E-state index contributed by atoms with van der Waals surface area (Å²) >= 11 is 15.5. The Balaban J connectivity index is 2.12. The highest BCUT2D eigenvalue weighted by atomic mass is 79.9.